The van der Waals surface area contributed by atoms with Gasteiger partial charge in [0.15, 0.2) is 5.78 Å². The molecule has 3 saturated carbocycles. The average molecular weight is 316 g/mol. The molecule has 3 fully saturated rings. The Hall–Kier alpha value is -0.630. The molecule has 1 N–H and O–H groups in total. The van der Waals surface area contributed by atoms with Crippen LogP contribution in [0.2, 0.25) is 0 Å². The van der Waals surface area contributed by atoms with Crippen LogP contribution < -0.4 is 0 Å². The first-order chi connectivity index (χ1) is 11.0. The van der Waals surface area contributed by atoms with Crippen LogP contribution in [0.4, 0.5) is 0 Å². The Morgan fingerprint density at radius 2 is 1.87 bits per heavy atom. The molecule has 0 aromatic carbocycles. The Labute approximate surface area is 140 Å². The zero-order chi connectivity index (χ0) is 16.2. The second kappa shape index (κ2) is 5.44. The lowest BCUT2D eigenvalue weighted by Gasteiger charge is -2.57. The van der Waals surface area contributed by atoms with E-state index in [0.717, 1.165) is 56.3 Å². The zero-order valence-corrected chi connectivity index (χ0v) is 14.8. The number of fused-ring (bicyclic) bond motifs is 5. The number of hydrogen-bond acceptors (Lipinski definition) is 2. The van der Waals surface area contributed by atoms with Crippen LogP contribution in [0.1, 0.15) is 78.1 Å². The lowest BCUT2D eigenvalue weighted by atomic mass is 9.49. The predicted octanol–water partition coefficient (Wildman–Crippen LogP) is 4.66. The quantitative estimate of drug-likeness (QED) is 0.804. The van der Waals surface area contributed by atoms with Crippen molar-refractivity contribution in [1.29, 1.82) is 0 Å². The number of hydrogen-bond donors (Lipinski definition) is 1. The maximum atomic E-state index is 11.8. The summed E-state index contributed by atoms with van der Waals surface area (Å²) in [6, 6.07) is 0. The van der Waals surface area contributed by atoms with Gasteiger partial charge in [0.25, 0.3) is 0 Å². The first-order valence-electron chi connectivity index (χ1n) is 10.0. The lowest BCUT2D eigenvalue weighted by Crippen LogP contribution is -2.53. The molecule has 0 saturated heterocycles. The molecule has 0 amide bonds. The third-order valence-corrected chi connectivity index (χ3v) is 8.52. The van der Waals surface area contributed by atoms with Gasteiger partial charge < -0.3 is 5.11 Å². The molecular formula is C21H32O2. The van der Waals surface area contributed by atoms with E-state index < -0.39 is 5.60 Å². The van der Waals surface area contributed by atoms with Crippen LogP contribution in [0, 0.1) is 29.1 Å². The SMILES string of the molecule is CC[C@]1(O)CC[C@@H]2[C@@H]3CCC4=CC(=O)CC[C@@H]4[C@H]3CC[C@@]21CC. The van der Waals surface area contributed by atoms with E-state index in [0.29, 0.717) is 11.7 Å². The highest BCUT2D eigenvalue weighted by Gasteiger charge is 2.62. The van der Waals surface area contributed by atoms with Crippen LogP contribution in [0.25, 0.3) is 0 Å². The maximum Gasteiger partial charge on any atom is 0.155 e. The molecule has 4 rings (SSSR count). The predicted molar refractivity (Wildman–Crippen MR) is 92.0 cm³/mol. The van der Waals surface area contributed by atoms with Crippen LogP contribution in [-0.2, 0) is 4.79 Å². The summed E-state index contributed by atoms with van der Waals surface area (Å²) in [5, 5.41) is 11.3. The number of rotatable bonds is 2. The zero-order valence-electron chi connectivity index (χ0n) is 14.8. The van der Waals surface area contributed by atoms with Gasteiger partial charge in [-0.15, -0.1) is 0 Å². The van der Waals surface area contributed by atoms with E-state index >= 15 is 0 Å². The molecule has 2 nitrogen and oxygen atoms in total. The first kappa shape index (κ1) is 15.9. The van der Waals surface area contributed by atoms with Gasteiger partial charge in [0.1, 0.15) is 0 Å². The van der Waals surface area contributed by atoms with Crippen LogP contribution in [0.3, 0.4) is 0 Å². The summed E-state index contributed by atoms with van der Waals surface area (Å²) in [6.45, 7) is 4.49. The van der Waals surface area contributed by atoms with Gasteiger partial charge in [-0.2, -0.15) is 0 Å². The molecule has 4 aliphatic carbocycles. The summed E-state index contributed by atoms with van der Waals surface area (Å²) >= 11 is 0. The van der Waals surface area contributed by atoms with Gasteiger partial charge in [-0.1, -0.05) is 19.4 Å². The van der Waals surface area contributed by atoms with Crippen molar-refractivity contribution in [3.63, 3.8) is 0 Å². The fraction of sp³-hybridized carbons (Fsp3) is 0.857. The monoisotopic (exact) mass is 316 g/mol. The first-order valence-corrected chi connectivity index (χ1v) is 10.0. The summed E-state index contributed by atoms with van der Waals surface area (Å²) in [6.07, 6.45) is 13.0. The van der Waals surface area contributed by atoms with Crippen LogP contribution in [-0.4, -0.2) is 16.5 Å². The van der Waals surface area contributed by atoms with Crippen molar-refractivity contribution >= 4 is 5.78 Å². The molecule has 128 valence electrons. The lowest BCUT2D eigenvalue weighted by molar-refractivity contribution is -0.132. The number of carbonyl (C=O) groups excluding carboxylic acids is 1. The smallest absolute Gasteiger partial charge is 0.155 e. The van der Waals surface area contributed by atoms with Crippen molar-refractivity contribution in [3.05, 3.63) is 11.6 Å². The Bertz CT molecular complexity index is 536. The molecule has 0 aromatic rings. The Balaban J connectivity index is 1.65. The fourth-order valence-corrected chi connectivity index (χ4v) is 7.40. The highest BCUT2D eigenvalue weighted by atomic mass is 16.3. The number of allylic oxidation sites excluding steroid dienone is 1. The molecule has 2 heteroatoms. The van der Waals surface area contributed by atoms with Crippen LogP contribution >= 0.6 is 0 Å². The van der Waals surface area contributed by atoms with Gasteiger partial charge in [-0.25, -0.2) is 0 Å². The number of carbonyl (C=O) groups is 1. The van der Waals surface area contributed by atoms with Crippen molar-refractivity contribution in [2.45, 2.75) is 83.7 Å². The van der Waals surface area contributed by atoms with Crippen molar-refractivity contribution in [1.82, 2.24) is 0 Å². The maximum absolute atomic E-state index is 11.8. The van der Waals surface area contributed by atoms with Crippen LogP contribution in [0.5, 0.6) is 0 Å². The summed E-state index contributed by atoms with van der Waals surface area (Å²) in [5.41, 5.74) is 1.22. The average Bonchev–Trinajstić information content (AvgIpc) is 2.88. The molecular weight excluding hydrogens is 284 g/mol. The van der Waals surface area contributed by atoms with Crippen molar-refractivity contribution < 1.29 is 9.90 Å². The van der Waals surface area contributed by atoms with Gasteiger partial charge in [-0.05, 0) is 87.5 Å². The molecule has 6 atom stereocenters. The highest BCUT2D eigenvalue weighted by Crippen LogP contribution is 2.66. The molecule has 0 bridgehead atoms. The van der Waals surface area contributed by atoms with Crippen molar-refractivity contribution in [3.8, 4) is 0 Å². The topological polar surface area (TPSA) is 37.3 Å². The minimum Gasteiger partial charge on any atom is -0.389 e. The van der Waals surface area contributed by atoms with E-state index in [-0.39, 0.29) is 5.41 Å². The number of aliphatic hydroxyl groups is 1. The van der Waals surface area contributed by atoms with Gasteiger partial charge in [0.05, 0.1) is 5.60 Å². The van der Waals surface area contributed by atoms with E-state index in [9.17, 15) is 9.90 Å². The van der Waals surface area contributed by atoms with Gasteiger partial charge in [0, 0.05) is 11.8 Å². The molecule has 0 aliphatic heterocycles. The third kappa shape index (κ3) is 2.06. The Morgan fingerprint density at radius 1 is 1.04 bits per heavy atom. The Kier molecular flexibility index (Phi) is 3.75. The minimum atomic E-state index is -0.421. The largest absolute Gasteiger partial charge is 0.389 e. The van der Waals surface area contributed by atoms with E-state index in [1.54, 1.807) is 0 Å². The molecule has 4 aliphatic rings. The van der Waals surface area contributed by atoms with Gasteiger partial charge in [0.2, 0.25) is 0 Å². The second-order valence-electron chi connectivity index (χ2n) is 8.78. The van der Waals surface area contributed by atoms with E-state index in [4.69, 9.17) is 0 Å². The molecule has 0 radical (unpaired) electrons. The third-order valence-electron chi connectivity index (χ3n) is 8.52. The molecule has 23 heavy (non-hydrogen) atoms. The van der Waals surface area contributed by atoms with Crippen LogP contribution in [0.15, 0.2) is 11.6 Å². The summed E-state index contributed by atoms with van der Waals surface area (Å²) in [4.78, 5) is 11.8. The fourth-order valence-electron chi connectivity index (χ4n) is 7.40. The van der Waals surface area contributed by atoms with E-state index in [1.165, 1.54) is 31.3 Å². The van der Waals surface area contributed by atoms with E-state index in [2.05, 4.69) is 13.8 Å². The molecule has 0 heterocycles. The summed E-state index contributed by atoms with van der Waals surface area (Å²) in [5.74, 6) is 3.33. The molecule has 0 unspecified atom stereocenters. The van der Waals surface area contributed by atoms with Gasteiger partial charge >= 0.3 is 0 Å². The normalized spacial score (nSPS) is 49.2. The standard InChI is InChI=1S/C21H32O2/c1-3-20-11-9-17-16-8-6-15(22)13-14(16)5-7-18(17)19(20)10-12-21(20,23)4-2/h13,16-19,23H,3-12H2,1-2H3/t16-,17+,18+,19+,20-,21-/m0/s1. The highest BCUT2D eigenvalue weighted by molar-refractivity contribution is 5.91. The number of ketones is 1. The molecule has 0 aromatic heterocycles. The minimum absolute atomic E-state index is 0.175. The van der Waals surface area contributed by atoms with E-state index in [1.807, 2.05) is 6.08 Å². The molecule has 0 spiro atoms. The van der Waals surface area contributed by atoms with Crippen molar-refractivity contribution in [2.75, 3.05) is 0 Å². The Morgan fingerprint density at radius 3 is 2.61 bits per heavy atom. The van der Waals surface area contributed by atoms with Gasteiger partial charge in [-0.3, -0.25) is 4.79 Å². The van der Waals surface area contributed by atoms with Crippen molar-refractivity contribution in [2.24, 2.45) is 29.1 Å². The summed E-state index contributed by atoms with van der Waals surface area (Å²) < 4.78 is 0. The second-order valence-corrected chi connectivity index (χ2v) is 8.78. The summed E-state index contributed by atoms with van der Waals surface area (Å²) in [7, 11) is 0.